The molecule has 1 aliphatic rings. The van der Waals surface area contributed by atoms with Crippen molar-refractivity contribution >= 4 is 6.34 Å². The second-order valence-corrected chi connectivity index (χ2v) is 3.49. The van der Waals surface area contributed by atoms with E-state index in [4.69, 9.17) is 0 Å². The zero-order valence-electron chi connectivity index (χ0n) is 8.40. The van der Waals surface area contributed by atoms with Gasteiger partial charge in [0.15, 0.2) is 0 Å². The third kappa shape index (κ3) is 2.34. The molecule has 0 aromatic heterocycles. The fraction of sp³-hybridized carbons (Fsp3) is 0.300. The number of benzene rings is 1. The van der Waals surface area contributed by atoms with E-state index in [0.29, 0.717) is 6.67 Å². The van der Waals surface area contributed by atoms with E-state index in [-0.39, 0.29) is 12.1 Å². The van der Waals surface area contributed by atoms with E-state index < -0.39 is 17.7 Å². The lowest BCUT2D eigenvalue weighted by atomic mass is 10.1. The standard InChI is InChI=1S/C10H11F2N3O/c11-7-1-2-8(9(12)3-7)10(16)4-15-6-13-5-14-15/h1-3,5,10,16H,4,6H2,(H,13,14). The Morgan fingerprint density at radius 3 is 2.94 bits per heavy atom. The zero-order valence-corrected chi connectivity index (χ0v) is 8.40. The first-order valence-electron chi connectivity index (χ1n) is 4.79. The minimum absolute atomic E-state index is 0.0788. The van der Waals surface area contributed by atoms with Crippen LogP contribution in [0.1, 0.15) is 11.7 Å². The molecule has 1 atom stereocenters. The Bertz CT molecular complexity index is 403. The van der Waals surface area contributed by atoms with Crippen LogP contribution in [0.15, 0.2) is 23.2 Å². The van der Waals surface area contributed by atoms with E-state index in [2.05, 4.69) is 10.4 Å². The summed E-state index contributed by atoms with van der Waals surface area (Å²) in [6.45, 7) is 0.586. The first kappa shape index (κ1) is 11.0. The molecule has 2 N–H and O–H groups in total. The summed E-state index contributed by atoms with van der Waals surface area (Å²) in [5, 5.41) is 11.4. The van der Waals surface area contributed by atoms with Crippen molar-refractivity contribution in [2.24, 2.45) is 4.99 Å². The van der Waals surface area contributed by atoms with Gasteiger partial charge in [-0.05, 0) is 6.07 Å². The van der Waals surface area contributed by atoms with Gasteiger partial charge in [0.05, 0.1) is 19.0 Å². The van der Waals surface area contributed by atoms with E-state index in [1.54, 1.807) is 5.01 Å². The number of nitrogens with zero attached hydrogens (tertiary/aromatic N) is 2. The predicted octanol–water partition coefficient (Wildman–Crippen LogP) is 0.804. The summed E-state index contributed by atoms with van der Waals surface area (Å²) in [6, 6.07) is 3.12. The molecule has 0 saturated carbocycles. The van der Waals surface area contributed by atoms with Gasteiger partial charge in [0, 0.05) is 11.6 Å². The summed E-state index contributed by atoms with van der Waals surface area (Å²) in [5.41, 5.74) is 2.85. The number of hydrogen-bond donors (Lipinski definition) is 2. The molecule has 1 aliphatic heterocycles. The quantitative estimate of drug-likeness (QED) is 0.803. The predicted molar refractivity (Wildman–Crippen MR) is 54.5 cm³/mol. The van der Waals surface area contributed by atoms with Crippen LogP contribution in [0.4, 0.5) is 8.78 Å². The molecule has 2 rings (SSSR count). The Labute approximate surface area is 91.2 Å². The number of aliphatic hydroxyl groups excluding tert-OH is 1. The largest absolute Gasteiger partial charge is 0.387 e. The topological polar surface area (TPSA) is 47.9 Å². The summed E-state index contributed by atoms with van der Waals surface area (Å²) in [5.74, 6) is -1.40. The van der Waals surface area contributed by atoms with Gasteiger partial charge in [-0.3, -0.25) is 4.99 Å². The maximum absolute atomic E-state index is 13.3. The molecule has 4 nitrogen and oxygen atoms in total. The van der Waals surface area contributed by atoms with Crippen molar-refractivity contribution < 1.29 is 13.9 Å². The lowest BCUT2D eigenvalue weighted by molar-refractivity contribution is 0.104. The maximum atomic E-state index is 13.3. The summed E-state index contributed by atoms with van der Waals surface area (Å²) in [7, 11) is 0. The number of halogens is 2. The highest BCUT2D eigenvalue weighted by Gasteiger charge is 2.18. The van der Waals surface area contributed by atoms with E-state index in [1.807, 2.05) is 0 Å². The van der Waals surface area contributed by atoms with Gasteiger partial charge in [0.25, 0.3) is 0 Å². The minimum Gasteiger partial charge on any atom is -0.387 e. The number of hydrazine groups is 1. The highest BCUT2D eigenvalue weighted by Crippen LogP contribution is 2.18. The van der Waals surface area contributed by atoms with Gasteiger partial charge in [-0.25, -0.2) is 8.78 Å². The van der Waals surface area contributed by atoms with Crippen LogP contribution in [0.5, 0.6) is 0 Å². The van der Waals surface area contributed by atoms with Crippen molar-refractivity contribution in [1.82, 2.24) is 10.4 Å². The average molecular weight is 227 g/mol. The summed E-state index contributed by atoms with van der Waals surface area (Å²) < 4.78 is 26.0. The van der Waals surface area contributed by atoms with Crippen LogP contribution in [-0.4, -0.2) is 29.7 Å². The van der Waals surface area contributed by atoms with E-state index in [9.17, 15) is 13.9 Å². The van der Waals surface area contributed by atoms with Gasteiger partial charge in [-0.1, -0.05) is 6.07 Å². The SMILES string of the molecule is OC(CN1CN=CN1)c1ccc(F)cc1F. The van der Waals surface area contributed by atoms with Crippen molar-refractivity contribution in [1.29, 1.82) is 0 Å². The lowest BCUT2D eigenvalue weighted by Crippen LogP contribution is -2.35. The normalized spacial score (nSPS) is 17.4. The summed E-state index contributed by atoms with van der Waals surface area (Å²) in [4.78, 5) is 3.87. The van der Waals surface area contributed by atoms with Gasteiger partial charge in [0.2, 0.25) is 0 Å². The Morgan fingerprint density at radius 1 is 1.50 bits per heavy atom. The molecule has 6 heteroatoms. The van der Waals surface area contributed by atoms with E-state index in [0.717, 1.165) is 12.1 Å². The Morgan fingerprint density at radius 2 is 2.31 bits per heavy atom. The van der Waals surface area contributed by atoms with Gasteiger partial charge in [-0.15, -0.1) is 0 Å². The molecule has 86 valence electrons. The van der Waals surface area contributed by atoms with Gasteiger partial charge in [-0.2, -0.15) is 5.01 Å². The Hall–Kier alpha value is -1.53. The molecule has 0 aliphatic carbocycles. The second kappa shape index (κ2) is 4.54. The summed E-state index contributed by atoms with van der Waals surface area (Å²) >= 11 is 0. The summed E-state index contributed by atoms with van der Waals surface area (Å²) in [6.07, 6.45) is 0.475. The van der Waals surface area contributed by atoms with Crippen molar-refractivity contribution in [3.63, 3.8) is 0 Å². The third-order valence-corrected chi connectivity index (χ3v) is 2.30. The minimum atomic E-state index is -1.02. The van der Waals surface area contributed by atoms with Crippen molar-refractivity contribution in [2.75, 3.05) is 13.2 Å². The molecule has 0 amide bonds. The molecule has 1 unspecified atom stereocenters. The molecule has 1 heterocycles. The Kier molecular flexibility index (Phi) is 3.12. The molecule has 0 fully saturated rings. The number of nitrogens with one attached hydrogen (secondary N) is 1. The number of rotatable bonds is 3. The molecule has 1 aromatic rings. The zero-order chi connectivity index (χ0) is 11.5. The fourth-order valence-corrected chi connectivity index (χ4v) is 1.49. The molecule has 0 saturated heterocycles. The Balaban J connectivity index is 2.05. The number of aliphatic hydroxyl groups is 1. The smallest absolute Gasteiger partial charge is 0.131 e. The van der Waals surface area contributed by atoms with Crippen molar-refractivity contribution in [3.8, 4) is 0 Å². The fourth-order valence-electron chi connectivity index (χ4n) is 1.49. The molecule has 0 radical (unpaired) electrons. The van der Waals surface area contributed by atoms with Crippen LogP contribution in [-0.2, 0) is 0 Å². The molecule has 0 bridgehead atoms. The van der Waals surface area contributed by atoms with Gasteiger partial charge >= 0.3 is 0 Å². The number of hydrogen-bond acceptors (Lipinski definition) is 4. The van der Waals surface area contributed by atoms with Crippen LogP contribution >= 0.6 is 0 Å². The first-order chi connectivity index (χ1) is 7.66. The first-order valence-corrected chi connectivity index (χ1v) is 4.79. The maximum Gasteiger partial charge on any atom is 0.131 e. The van der Waals surface area contributed by atoms with Gasteiger partial charge in [0.1, 0.15) is 18.3 Å². The molecule has 16 heavy (non-hydrogen) atoms. The second-order valence-electron chi connectivity index (χ2n) is 3.49. The van der Waals surface area contributed by atoms with Crippen molar-refractivity contribution in [3.05, 3.63) is 35.4 Å². The van der Waals surface area contributed by atoms with Crippen LogP contribution in [0, 0.1) is 11.6 Å². The molecule has 0 spiro atoms. The van der Waals surface area contributed by atoms with Crippen LogP contribution in [0.3, 0.4) is 0 Å². The molecular formula is C10H11F2N3O. The highest BCUT2D eigenvalue weighted by molar-refractivity contribution is 5.55. The highest BCUT2D eigenvalue weighted by atomic mass is 19.1. The molecular weight excluding hydrogens is 216 g/mol. The average Bonchev–Trinajstić information content (AvgIpc) is 2.70. The van der Waals surface area contributed by atoms with Crippen LogP contribution in [0.25, 0.3) is 0 Å². The van der Waals surface area contributed by atoms with Crippen molar-refractivity contribution in [2.45, 2.75) is 6.10 Å². The van der Waals surface area contributed by atoms with E-state index >= 15 is 0 Å². The third-order valence-electron chi connectivity index (χ3n) is 2.30. The number of β-amino-alcohol motifs (C(OH)–C–C–N with tert-alkyl or cyclic N) is 1. The van der Waals surface area contributed by atoms with Gasteiger partial charge < -0.3 is 10.5 Å². The molecule has 1 aromatic carbocycles. The van der Waals surface area contributed by atoms with E-state index in [1.165, 1.54) is 12.4 Å². The van der Waals surface area contributed by atoms with Crippen LogP contribution in [0.2, 0.25) is 0 Å². The van der Waals surface area contributed by atoms with Crippen LogP contribution < -0.4 is 5.43 Å². The number of aliphatic imine (C=N–C) groups is 1. The monoisotopic (exact) mass is 227 g/mol. The lowest BCUT2D eigenvalue weighted by Gasteiger charge is -2.19.